The summed E-state index contributed by atoms with van der Waals surface area (Å²) in [6.07, 6.45) is -4.55. The van der Waals surface area contributed by atoms with E-state index in [0.29, 0.717) is 11.5 Å². The molecule has 3 N–H and O–H groups in total. The number of thiocarbonyl (C=S) groups is 1. The number of aromatic nitrogens is 1. The van der Waals surface area contributed by atoms with Crippen molar-refractivity contribution in [1.82, 2.24) is 4.98 Å². The molecule has 0 aliphatic rings. The Morgan fingerprint density at radius 1 is 0.812 bits per heavy atom. The van der Waals surface area contributed by atoms with Gasteiger partial charge in [-0.05, 0) is 72.9 Å². The smallest absolute Gasteiger partial charge is 0.340 e. The average Bonchev–Trinajstić information content (AvgIpc) is 2.75. The van der Waals surface area contributed by atoms with Gasteiger partial charge in [0.2, 0.25) is 0 Å². The summed E-state index contributed by atoms with van der Waals surface area (Å²) < 4.78 is 39.0. The highest BCUT2D eigenvalue weighted by Gasteiger charge is 2.33. The van der Waals surface area contributed by atoms with E-state index >= 15 is 0 Å². The monoisotopic (exact) mass is 472 g/mol. The molecule has 1 heterocycles. The molecule has 0 unspecified atom stereocenters. The zero-order chi connectivity index (χ0) is 22.7. The van der Waals surface area contributed by atoms with Gasteiger partial charge < -0.3 is 16.0 Å². The van der Waals surface area contributed by atoms with E-state index < -0.39 is 11.7 Å². The Bertz CT molecular complexity index is 1280. The van der Waals surface area contributed by atoms with E-state index in [-0.39, 0.29) is 15.8 Å². The highest BCUT2D eigenvalue weighted by molar-refractivity contribution is 7.80. The summed E-state index contributed by atoms with van der Waals surface area (Å²) in [5, 5.41) is 9.75. The maximum atomic E-state index is 13.0. The summed E-state index contributed by atoms with van der Waals surface area (Å²) in [7, 11) is 0. The molecule has 0 spiro atoms. The topological polar surface area (TPSA) is 49.0 Å². The van der Waals surface area contributed by atoms with Crippen molar-refractivity contribution in [3.63, 3.8) is 0 Å². The number of anilines is 4. The van der Waals surface area contributed by atoms with Crippen molar-refractivity contribution in [2.24, 2.45) is 0 Å². The van der Waals surface area contributed by atoms with Crippen LogP contribution in [0.2, 0.25) is 5.02 Å². The van der Waals surface area contributed by atoms with E-state index in [2.05, 4.69) is 20.9 Å². The van der Waals surface area contributed by atoms with Crippen molar-refractivity contribution in [3.8, 4) is 0 Å². The van der Waals surface area contributed by atoms with E-state index in [1.165, 1.54) is 12.1 Å². The van der Waals surface area contributed by atoms with Crippen molar-refractivity contribution in [2.45, 2.75) is 6.18 Å². The van der Waals surface area contributed by atoms with Crippen LogP contribution in [0.1, 0.15) is 5.56 Å². The van der Waals surface area contributed by atoms with E-state index in [4.69, 9.17) is 23.8 Å². The first-order valence-corrected chi connectivity index (χ1v) is 10.2. The first-order chi connectivity index (χ1) is 15.3. The normalized spacial score (nSPS) is 11.2. The molecule has 4 nitrogen and oxygen atoms in total. The minimum absolute atomic E-state index is 0.150. The third kappa shape index (κ3) is 5.27. The van der Waals surface area contributed by atoms with Crippen molar-refractivity contribution in [2.75, 3.05) is 16.0 Å². The van der Waals surface area contributed by atoms with Crippen LogP contribution in [0.4, 0.5) is 36.1 Å². The second-order valence-corrected chi connectivity index (χ2v) is 7.68. The number of nitrogens with one attached hydrogen (secondary N) is 3. The van der Waals surface area contributed by atoms with Crippen molar-refractivity contribution in [3.05, 3.63) is 89.4 Å². The Balaban J connectivity index is 1.39. The Morgan fingerprint density at radius 3 is 2.22 bits per heavy atom. The van der Waals surface area contributed by atoms with Gasteiger partial charge in [-0.2, -0.15) is 13.2 Å². The number of para-hydroxylation sites is 1. The van der Waals surface area contributed by atoms with E-state index in [1.807, 2.05) is 48.5 Å². The summed E-state index contributed by atoms with van der Waals surface area (Å²) in [4.78, 5) is 4.57. The van der Waals surface area contributed by atoms with Crippen molar-refractivity contribution >= 4 is 62.7 Å². The minimum Gasteiger partial charge on any atom is -0.340 e. The van der Waals surface area contributed by atoms with Crippen LogP contribution < -0.4 is 16.0 Å². The fourth-order valence-corrected chi connectivity index (χ4v) is 3.49. The lowest BCUT2D eigenvalue weighted by atomic mass is 10.2. The van der Waals surface area contributed by atoms with E-state index in [1.54, 1.807) is 12.1 Å². The largest absolute Gasteiger partial charge is 0.417 e. The Morgan fingerprint density at radius 2 is 1.47 bits per heavy atom. The first kappa shape index (κ1) is 21.9. The van der Waals surface area contributed by atoms with Crippen molar-refractivity contribution in [1.29, 1.82) is 0 Å². The average molecular weight is 473 g/mol. The number of alkyl halides is 3. The van der Waals surface area contributed by atoms with Crippen molar-refractivity contribution < 1.29 is 13.2 Å². The van der Waals surface area contributed by atoms with Gasteiger partial charge in [0, 0.05) is 22.4 Å². The Labute approximate surface area is 192 Å². The summed E-state index contributed by atoms with van der Waals surface area (Å²) in [5.74, 6) is 0.713. The molecule has 0 amide bonds. The highest BCUT2D eigenvalue weighted by atomic mass is 35.5. The molecule has 4 rings (SSSR count). The highest BCUT2D eigenvalue weighted by Crippen LogP contribution is 2.36. The predicted octanol–water partition coefficient (Wildman–Crippen LogP) is 7.46. The minimum atomic E-state index is -4.55. The molecule has 3 aromatic carbocycles. The second kappa shape index (κ2) is 9.02. The standard InChI is InChI=1S/C23H16ClF3N4S/c24-19-11-10-17(13-18(19)23(25,26)27)30-22(32)29-16-8-6-15(7-9-16)28-21-12-5-14-3-1-2-4-20(14)31-21/h1-13H,(H,28,31)(H2,29,30,32). The van der Waals surface area contributed by atoms with Gasteiger partial charge in [-0.15, -0.1) is 0 Å². The second-order valence-electron chi connectivity index (χ2n) is 6.86. The number of nitrogens with zero attached hydrogens (tertiary/aromatic N) is 1. The van der Waals surface area contributed by atoms with Gasteiger partial charge in [0.25, 0.3) is 0 Å². The molecule has 0 aliphatic carbocycles. The fourth-order valence-electron chi connectivity index (χ4n) is 3.03. The lowest BCUT2D eigenvalue weighted by Crippen LogP contribution is -2.19. The van der Waals surface area contributed by atoms with Crippen LogP contribution in [-0.4, -0.2) is 10.1 Å². The van der Waals surface area contributed by atoms with Gasteiger partial charge in [-0.3, -0.25) is 0 Å². The molecule has 9 heteroatoms. The molecule has 0 saturated carbocycles. The van der Waals surface area contributed by atoms with Crippen LogP contribution >= 0.6 is 23.8 Å². The lowest BCUT2D eigenvalue weighted by Gasteiger charge is -2.14. The Kier molecular flexibility index (Phi) is 6.16. The van der Waals surface area contributed by atoms with Gasteiger partial charge in [-0.25, -0.2) is 4.98 Å². The molecule has 0 atom stereocenters. The lowest BCUT2D eigenvalue weighted by molar-refractivity contribution is -0.137. The summed E-state index contributed by atoms with van der Waals surface area (Å²) >= 11 is 10.9. The number of halogens is 4. The quantitative estimate of drug-likeness (QED) is 0.269. The van der Waals surface area contributed by atoms with Crippen LogP contribution in [-0.2, 0) is 6.18 Å². The predicted molar refractivity (Wildman–Crippen MR) is 128 cm³/mol. The van der Waals surface area contributed by atoms with Crippen LogP contribution in [0.5, 0.6) is 0 Å². The van der Waals surface area contributed by atoms with Gasteiger partial charge >= 0.3 is 6.18 Å². The molecule has 0 bridgehead atoms. The number of fused-ring (bicyclic) bond motifs is 1. The van der Waals surface area contributed by atoms with Gasteiger partial charge in [0.15, 0.2) is 5.11 Å². The number of pyridine rings is 1. The first-order valence-electron chi connectivity index (χ1n) is 9.45. The molecule has 0 saturated heterocycles. The van der Waals surface area contributed by atoms with E-state index in [9.17, 15) is 13.2 Å². The van der Waals surface area contributed by atoms with Crippen LogP contribution in [0.15, 0.2) is 78.9 Å². The number of hydrogen-bond donors (Lipinski definition) is 3. The molecule has 0 fully saturated rings. The van der Waals surface area contributed by atoms with Gasteiger partial charge in [0.05, 0.1) is 16.1 Å². The maximum Gasteiger partial charge on any atom is 0.417 e. The molecule has 32 heavy (non-hydrogen) atoms. The number of benzene rings is 3. The molecular weight excluding hydrogens is 457 g/mol. The fraction of sp³-hybridized carbons (Fsp3) is 0.0435. The van der Waals surface area contributed by atoms with Gasteiger partial charge in [0.1, 0.15) is 5.82 Å². The third-order valence-electron chi connectivity index (χ3n) is 4.54. The summed E-state index contributed by atoms with van der Waals surface area (Å²) in [6.45, 7) is 0. The van der Waals surface area contributed by atoms with E-state index in [0.717, 1.165) is 22.7 Å². The summed E-state index contributed by atoms with van der Waals surface area (Å²) in [6, 6.07) is 22.5. The third-order valence-corrected chi connectivity index (χ3v) is 5.08. The molecular formula is C23H16ClF3N4S. The van der Waals surface area contributed by atoms with Crippen LogP contribution in [0.25, 0.3) is 10.9 Å². The molecule has 4 aromatic rings. The molecule has 1 aromatic heterocycles. The SMILES string of the molecule is FC(F)(F)c1cc(NC(=S)Nc2ccc(Nc3ccc4ccccc4n3)cc2)ccc1Cl. The number of rotatable bonds is 4. The molecule has 162 valence electrons. The van der Waals surface area contributed by atoms with Gasteiger partial charge in [-0.1, -0.05) is 29.8 Å². The maximum absolute atomic E-state index is 13.0. The number of hydrogen-bond acceptors (Lipinski definition) is 3. The summed E-state index contributed by atoms with van der Waals surface area (Å²) in [5.41, 5.74) is 1.64. The molecule has 0 radical (unpaired) electrons. The van der Waals surface area contributed by atoms with Crippen LogP contribution in [0, 0.1) is 0 Å². The van der Waals surface area contributed by atoms with Crippen LogP contribution in [0.3, 0.4) is 0 Å². The zero-order valence-electron chi connectivity index (χ0n) is 16.4. The Hall–Kier alpha value is -3.36. The molecule has 0 aliphatic heterocycles. The zero-order valence-corrected chi connectivity index (χ0v) is 17.9.